The molecule has 1 saturated carbocycles. The van der Waals surface area contributed by atoms with Crippen LogP contribution >= 0.6 is 0 Å². The maximum Gasteiger partial charge on any atom is 0.404 e. The summed E-state index contributed by atoms with van der Waals surface area (Å²) in [6.07, 6.45) is 6.44. The number of ether oxygens (including phenoxy) is 2. The third kappa shape index (κ3) is 8.33. The summed E-state index contributed by atoms with van der Waals surface area (Å²) in [5.74, 6) is -1.89. The van der Waals surface area contributed by atoms with E-state index < -0.39 is 48.4 Å². The van der Waals surface area contributed by atoms with Crippen molar-refractivity contribution < 1.29 is 34.4 Å². The Labute approximate surface area is 246 Å². The quantitative estimate of drug-likeness (QED) is 0.141. The van der Waals surface area contributed by atoms with Crippen LogP contribution in [0.2, 0.25) is 0 Å². The smallest absolute Gasteiger partial charge is 0.404 e. The SMILES string of the molecule is C=C/C=C\[C@H](C)[C@H](OC(N)=O)[C@@H](C)[C@H](O)[C@@H](C)CC(=C)[C@@H]1[C@H](C)[C@@H](O)[C@@H](C)[C@@H]1/C=C/C[C@@H]1OC(=O)[C@H](C)[C@@H](O)[C@H]1C. The summed E-state index contributed by atoms with van der Waals surface area (Å²) in [5.41, 5.74) is 6.29. The van der Waals surface area contributed by atoms with Crippen LogP contribution in [0, 0.1) is 53.3 Å². The number of hydrogen-bond acceptors (Lipinski definition) is 7. The first-order chi connectivity index (χ1) is 19.1. The molecule has 1 saturated heterocycles. The van der Waals surface area contributed by atoms with Crippen molar-refractivity contribution in [3.63, 3.8) is 0 Å². The zero-order chi connectivity index (χ0) is 31.2. The minimum Gasteiger partial charge on any atom is -0.461 e. The lowest BCUT2D eigenvalue weighted by Gasteiger charge is -2.36. The number of cyclic esters (lactones) is 1. The summed E-state index contributed by atoms with van der Waals surface area (Å²) >= 11 is 0. The number of amides is 1. The Bertz CT molecular complexity index is 977. The molecule has 41 heavy (non-hydrogen) atoms. The van der Waals surface area contributed by atoms with E-state index in [-0.39, 0.29) is 47.4 Å². The zero-order valence-corrected chi connectivity index (χ0v) is 25.9. The molecule has 1 aliphatic heterocycles. The molecular formula is C33H53NO7. The van der Waals surface area contributed by atoms with Gasteiger partial charge in [0.1, 0.15) is 12.2 Å². The van der Waals surface area contributed by atoms with Crippen molar-refractivity contribution in [2.75, 3.05) is 0 Å². The van der Waals surface area contributed by atoms with Crippen molar-refractivity contribution >= 4 is 12.1 Å². The van der Waals surface area contributed by atoms with Crippen molar-refractivity contribution in [2.24, 2.45) is 59.0 Å². The Kier molecular flexibility index (Phi) is 12.9. The summed E-state index contributed by atoms with van der Waals surface area (Å²) in [6, 6.07) is 0. The predicted molar refractivity (Wildman–Crippen MR) is 160 cm³/mol. The van der Waals surface area contributed by atoms with Crippen LogP contribution in [0.5, 0.6) is 0 Å². The van der Waals surface area contributed by atoms with Crippen LogP contribution in [-0.4, -0.2) is 57.9 Å². The molecule has 0 spiro atoms. The minimum absolute atomic E-state index is 0.00902. The second kappa shape index (κ2) is 15.2. The first kappa shape index (κ1) is 34.8. The second-order valence-corrected chi connectivity index (χ2v) is 12.7. The standard InChI is InChI=1S/C33H53NO7/c1-10-11-13-17(2)31(41-33(34)39)23(8)28(35)19(4)16-18(3)27-22(7)29(36)20(5)25(27)14-12-15-26-21(6)30(37)24(9)32(38)40-26/h10-14,17,19-31,35-37H,1,3,15-16H2,2,4-9H3,(H2,34,39)/b13-11-,14-12+/t17-,19-,20-,21-,22-,23-,24+,25-,26-,27+,28+,29-,30-,31-/m0/s1. The van der Waals surface area contributed by atoms with Gasteiger partial charge < -0.3 is 30.5 Å². The molecule has 2 aliphatic rings. The van der Waals surface area contributed by atoms with Crippen molar-refractivity contribution in [3.8, 4) is 0 Å². The van der Waals surface area contributed by atoms with Crippen molar-refractivity contribution in [2.45, 2.75) is 91.8 Å². The van der Waals surface area contributed by atoms with E-state index >= 15 is 0 Å². The highest BCUT2D eigenvalue weighted by Gasteiger charge is 2.46. The molecule has 8 nitrogen and oxygen atoms in total. The molecule has 0 aromatic rings. The van der Waals surface area contributed by atoms with Gasteiger partial charge in [-0.25, -0.2) is 4.79 Å². The molecule has 5 N–H and O–H groups in total. The highest BCUT2D eigenvalue weighted by molar-refractivity contribution is 5.73. The first-order valence-corrected chi connectivity index (χ1v) is 15.0. The molecule has 0 unspecified atom stereocenters. The molecule has 1 aliphatic carbocycles. The van der Waals surface area contributed by atoms with E-state index in [1.54, 1.807) is 19.1 Å². The molecular weight excluding hydrogens is 522 g/mol. The average Bonchev–Trinajstić information content (AvgIpc) is 3.14. The molecule has 0 aromatic heterocycles. The van der Waals surface area contributed by atoms with Crippen LogP contribution < -0.4 is 5.73 Å². The predicted octanol–water partition coefficient (Wildman–Crippen LogP) is 4.79. The lowest BCUT2D eigenvalue weighted by atomic mass is 9.76. The molecule has 232 valence electrons. The Morgan fingerprint density at radius 1 is 1.10 bits per heavy atom. The molecule has 2 rings (SSSR count). The fourth-order valence-electron chi connectivity index (χ4n) is 6.92. The van der Waals surface area contributed by atoms with Crippen LogP contribution in [0.25, 0.3) is 0 Å². The lowest BCUT2D eigenvalue weighted by molar-refractivity contribution is -0.176. The first-order valence-electron chi connectivity index (χ1n) is 15.0. The van der Waals surface area contributed by atoms with Gasteiger partial charge in [0.25, 0.3) is 0 Å². The van der Waals surface area contributed by atoms with Crippen molar-refractivity contribution in [3.05, 3.63) is 49.1 Å². The molecule has 2 fully saturated rings. The number of carbonyl (C=O) groups is 2. The van der Waals surface area contributed by atoms with Crippen molar-refractivity contribution in [1.29, 1.82) is 0 Å². The van der Waals surface area contributed by atoms with E-state index in [1.165, 1.54) is 0 Å². The normalized spacial score (nSPS) is 36.0. The van der Waals surface area contributed by atoms with E-state index in [0.717, 1.165) is 5.57 Å². The Balaban J connectivity index is 2.14. The van der Waals surface area contributed by atoms with E-state index in [9.17, 15) is 24.9 Å². The third-order valence-corrected chi connectivity index (χ3v) is 9.69. The summed E-state index contributed by atoms with van der Waals surface area (Å²) in [5, 5.41) is 32.7. The van der Waals surface area contributed by atoms with Crippen LogP contribution in [-0.2, 0) is 14.3 Å². The van der Waals surface area contributed by atoms with Gasteiger partial charge in [0.05, 0.1) is 24.2 Å². The highest BCUT2D eigenvalue weighted by atomic mass is 16.6. The summed E-state index contributed by atoms with van der Waals surface area (Å²) in [6.45, 7) is 21.4. The van der Waals surface area contributed by atoms with Gasteiger partial charge in [0, 0.05) is 24.2 Å². The average molecular weight is 576 g/mol. The maximum atomic E-state index is 12.1. The van der Waals surface area contributed by atoms with E-state index in [1.807, 2.05) is 53.7 Å². The van der Waals surface area contributed by atoms with Gasteiger partial charge >= 0.3 is 12.1 Å². The number of rotatable bonds is 13. The number of carbonyl (C=O) groups excluding carboxylic acids is 2. The number of aliphatic hydroxyl groups is 3. The van der Waals surface area contributed by atoms with Gasteiger partial charge in [0.15, 0.2) is 0 Å². The lowest BCUT2D eigenvalue weighted by Crippen LogP contribution is -2.46. The van der Waals surface area contributed by atoms with Crippen LogP contribution in [0.3, 0.4) is 0 Å². The molecule has 8 heteroatoms. The topological polar surface area (TPSA) is 139 Å². The number of nitrogens with two attached hydrogens (primary N) is 1. The number of esters is 1. The number of allylic oxidation sites excluding steroid dienone is 4. The Hall–Kier alpha value is -2.42. The molecule has 0 bridgehead atoms. The van der Waals surface area contributed by atoms with E-state index in [2.05, 4.69) is 19.2 Å². The molecule has 14 atom stereocenters. The minimum atomic E-state index is -0.885. The number of aliphatic hydroxyl groups excluding tert-OH is 3. The molecule has 0 radical (unpaired) electrons. The van der Waals surface area contributed by atoms with Crippen molar-refractivity contribution in [1.82, 2.24) is 0 Å². The van der Waals surface area contributed by atoms with E-state index in [4.69, 9.17) is 15.2 Å². The largest absolute Gasteiger partial charge is 0.461 e. The fraction of sp³-hybridized carbons (Fsp3) is 0.697. The maximum absolute atomic E-state index is 12.1. The molecule has 1 amide bonds. The second-order valence-electron chi connectivity index (χ2n) is 12.7. The zero-order valence-electron chi connectivity index (χ0n) is 25.9. The van der Waals surface area contributed by atoms with Gasteiger partial charge in [-0.3, -0.25) is 4.79 Å². The van der Waals surface area contributed by atoms with Gasteiger partial charge in [0.2, 0.25) is 0 Å². The van der Waals surface area contributed by atoms with Crippen LogP contribution in [0.15, 0.2) is 49.1 Å². The van der Waals surface area contributed by atoms with Gasteiger partial charge in [-0.2, -0.15) is 0 Å². The summed E-state index contributed by atoms with van der Waals surface area (Å²) in [4.78, 5) is 23.7. The van der Waals surface area contributed by atoms with Gasteiger partial charge in [-0.15, -0.1) is 0 Å². The van der Waals surface area contributed by atoms with E-state index in [0.29, 0.717) is 12.8 Å². The van der Waals surface area contributed by atoms with Crippen LogP contribution in [0.4, 0.5) is 4.79 Å². The monoisotopic (exact) mass is 575 g/mol. The highest BCUT2D eigenvalue weighted by Crippen LogP contribution is 2.47. The number of primary amides is 1. The number of hydrogen-bond donors (Lipinski definition) is 4. The third-order valence-electron chi connectivity index (χ3n) is 9.69. The fourth-order valence-corrected chi connectivity index (χ4v) is 6.92. The van der Waals surface area contributed by atoms with Gasteiger partial charge in [-0.1, -0.05) is 90.7 Å². The molecule has 1 heterocycles. The summed E-state index contributed by atoms with van der Waals surface area (Å²) < 4.78 is 11.0. The van der Waals surface area contributed by atoms with Gasteiger partial charge in [-0.05, 0) is 42.9 Å². The molecule has 0 aromatic carbocycles. The van der Waals surface area contributed by atoms with Crippen LogP contribution in [0.1, 0.15) is 61.3 Å². The summed E-state index contributed by atoms with van der Waals surface area (Å²) in [7, 11) is 0. The Morgan fingerprint density at radius 2 is 1.73 bits per heavy atom. The Morgan fingerprint density at radius 3 is 2.32 bits per heavy atom.